The molecule has 1 aromatic rings. The van der Waals surface area contributed by atoms with E-state index in [-0.39, 0.29) is 5.82 Å². The molecule has 0 amide bonds. The first-order chi connectivity index (χ1) is 7.59. The second-order valence-electron chi connectivity index (χ2n) is 5.00. The summed E-state index contributed by atoms with van der Waals surface area (Å²) in [5, 5.41) is 3.90. The van der Waals surface area contributed by atoms with Crippen LogP contribution in [0.15, 0.2) is 18.2 Å². The molecule has 0 atom stereocenters. The third-order valence-corrected chi connectivity index (χ3v) is 3.79. The monoisotopic (exact) mass is 241 g/mol. The molecular formula is C13H17ClFN. The van der Waals surface area contributed by atoms with Crippen LogP contribution < -0.4 is 5.32 Å². The van der Waals surface area contributed by atoms with Gasteiger partial charge < -0.3 is 5.32 Å². The molecule has 0 radical (unpaired) electrons. The Hall–Kier alpha value is -0.600. The second-order valence-corrected chi connectivity index (χ2v) is 5.41. The van der Waals surface area contributed by atoms with E-state index < -0.39 is 0 Å². The van der Waals surface area contributed by atoms with E-state index in [1.807, 2.05) is 0 Å². The molecule has 0 saturated heterocycles. The average molecular weight is 242 g/mol. The summed E-state index contributed by atoms with van der Waals surface area (Å²) in [5.74, 6) is -0.278. The van der Waals surface area contributed by atoms with Gasteiger partial charge in [-0.1, -0.05) is 31.0 Å². The summed E-state index contributed by atoms with van der Waals surface area (Å²) in [6.45, 7) is 4.03. The summed E-state index contributed by atoms with van der Waals surface area (Å²) in [6, 6.07) is 4.56. The average Bonchev–Trinajstić information content (AvgIpc) is 2.19. The molecule has 1 nitrogen and oxygen atoms in total. The van der Waals surface area contributed by atoms with Gasteiger partial charge in [-0.2, -0.15) is 0 Å². The van der Waals surface area contributed by atoms with Crippen molar-refractivity contribution in [1.29, 1.82) is 0 Å². The molecule has 1 fully saturated rings. The first-order valence-electron chi connectivity index (χ1n) is 5.74. The smallest absolute Gasteiger partial charge is 0.124 e. The fourth-order valence-electron chi connectivity index (χ4n) is 2.12. The molecule has 3 heteroatoms. The zero-order valence-corrected chi connectivity index (χ0v) is 10.3. The molecule has 1 aliphatic carbocycles. The second kappa shape index (κ2) is 4.72. The lowest BCUT2D eigenvalue weighted by molar-refractivity contribution is 0.156. The van der Waals surface area contributed by atoms with Gasteiger partial charge >= 0.3 is 0 Å². The lowest BCUT2D eigenvalue weighted by atomic mass is 9.70. The van der Waals surface area contributed by atoms with E-state index in [0.29, 0.717) is 17.0 Å². The Morgan fingerprint density at radius 1 is 1.44 bits per heavy atom. The summed E-state index contributed by atoms with van der Waals surface area (Å²) >= 11 is 5.95. The first kappa shape index (κ1) is 11.9. The number of hydrogen-bond donors (Lipinski definition) is 1. The van der Waals surface area contributed by atoms with Crippen LogP contribution in [0.3, 0.4) is 0 Å². The van der Waals surface area contributed by atoms with Gasteiger partial charge in [0.1, 0.15) is 5.82 Å². The van der Waals surface area contributed by atoms with E-state index in [0.717, 1.165) is 12.1 Å². The van der Waals surface area contributed by atoms with Crippen molar-refractivity contribution in [3.63, 3.8) is 0 Å². The standard InChI is InChI=1S/C13H17ClFN/c1-13(5-2-6-13)9-16-8-10-3-4-11(15)7-12(10)14/h3-4,7,16H,2,5-6,8-9H2,1H3. The minimum absolute atomic E-state index is 0.278. The first-order valence-corrected chi connectivity index (χ1v) is 6.12. The lowest BCUT2D eigenvalue weighted by Gasteiger charge is -2.38. The Morgan fingerprint density at radius 2 is 2.19 bits per heavy atom. The van der Waals surface area contributed by atoms with Crippen molar-refractivity contribution in [3.8, 4) is 0 Å². The van der Waals surface area contributed by atoms with Crippen molar-refractivity contribution >= 4 is 11.6 Å². The predicted octanol–water partition coefficient (Wildman–Crippen LogP) is 3.76. The molecule has 16 heavy (non-hydrogen) atoms. The van der Waals surface area contributed by atoms with Crippen LogP contribution in [0.5, 0.6) is 0 Å². The van der Waals surface area contributed by atoms with Gasteiger partial charge in [0.25, 0.3) is 0 Å². The highest BCUT2D eigenvalue weighted by atomic mass is 35.5. The van der Waals surface area contributed by atoms with Crippen LogP contribution in [-0.2, 0) is 6.54 Å². The van der Waals surface area contributed by atoms with Crippen molar-refractivity contribution in [1.82, 2.24) is 5.32 Å². The molecule has 0 heterocycles. The van der Waals surface area contributed by atoms with Crippen LogP contribution in [-0.4, -0.2) is 6.54 Å². The fraction of sp³-hybridized carbons (Fsp3) is 0.538. The number of hydrogen-bond acceptors (Lipinski definition) is 1. The van der Waals surface area contributed by atoms with Gasteiger partial charge in [-0.25, -0.2) is 4.39 Å². The minimum atomic E-state index is -0.278. The Labute approximate surface area is 101 Å². The molecule has 0 unspecified atom stereocenters. The molecule has 0 aliphatic heterocycles. The van der Waals surface area contributed by atoms with Gasteiger partial charge in [0.05, 0.1) is 0 Å². The van der Waals surface area contributed by atoms with E-state index in [1.54, 1.807) is 6.07 Å². The molecule has 1 aliphatic rings. The largest absolute Gasteiger partial charge is 0.312 e. The summed E-state index contributed by atoms with van der Waals surface area (Å²) in [7, 11) is 0. The Balaban J connectivity index is 1.85. The van der Waals surface area contributed by atoms with E-state index in [9.17, 15) is 4.39 Å². The molecule has 2 rings (SSSR count). The van der Waals surface area contributed by atoms with Crippen LogP contribution in [0, 0.1) is 11.2 Å². The quantitative estimate of drug-likeness (QED) is 0.847. The van der Waals surface area contributed by atoms with Crippen LogP contribution in [0.4, 0.5) is 4.39 Å². The lowest BCUT2D eigenvalue weighted by Crippen LogP contribution is -2.37. The van der Waals surface area contributed by atoms with Crippen molar-refractivity contribution in [3.05, 3.63) is 34.6 Å². The predicted molar refractivity (Wildman–Crippen MR) is 65.1 cm³/mol. The van der Waals surface area contributed by atoms with Crippen molar-refractivity contribution in [2.24, 2.45) is 5.41 Å². The van der Waals surface area contributed by atoms with Gasteiger partial charge in [0.2, 0.25) is 0 Å². The summed E-state index contributed by atoms with van der Waals surface area (Å²) in [6.07, 6.45) is 3.95. The maximum Gasteiger partial charge on any atom is 0.124 e. The van der Waals surface area contributed by atoms with Crippen LogP contribution in [0.25, 0.3) is 0 Å². The van der Waals surface area contributed by atoms with E-state index in [1.165, 1.54) is 31.4 Å². The summed E-state index contributed by atoms with van der Waals surface area (Å²) in [4.78, 5) is 0. The molecule has 0 bridgehead atoms. The highest BCUT2D eigenvalue weighted by Gasteiger charge is 2.30. The fourth-order valence-corrected chi connectivity index (χ4v) is 2.36. The molecule has 1 N–H and O–H groups in total. The van der Waals surface area contributed by atoms with Gasteiger partial charge in [-0.05, 0) is 36.0 Å². The highest BCUT2D eigenvalue weighted by molar-refractivity contribution is 6.31. The topological polar surface area (TPSA) is 12.0 Å². The van der Waals surface area contributed by atoms with Crippen molar-refractivity contribution < 1.29 is 4.39 Å². The Kier molecular flexibility index (Phi) is 3.50. The number of rotatable bonds is 4. The van der Waals surface area contributed by atoms with Crippen molar-refractivity contribution in [2.75, 3.05) is 6.54 Å². The molecule has 1 aromatic carbocycles. The van der Waals surface area contributed by atoms with Gasteiger partial charge in [-0.3, -0.25) is 0 Å². The van der Waals surface area contributed by atoms with E-state index in [2.05, 4.69) is 12.2 Å². The van der Waals surface area contributed by atoms with Crippen LogP contribution in [0.1, 0.15) is 31.7 Å². The van der Waals surface area contributed by atoms with E-state index >= 15 is 0 Å². The zero-order valence-electron chi connectivity index (χ0n) is 9.52. The van der Waals surface area contributed by atoms with Crippen LogP contribution in [0.2, 0.25) is 5.02 Å². The van der Waals surface area contributed by atoms with Gasteiger partial charge in [-0.15, -0.1) is 0 Å². The Bertz CT molecular complexity index is 374. The minimum Gasteiger partial charge on any atom is -0.312 e. The molecule has 0 aromatic heterocycles. The van der Waals surface area contributed by atoms with Gasteiger partial charge in [0.15, 0.2) is 0 Å². The zero-order chi connectivity index (χ0) is 11.6. The highest BCUT2D eigenvalue weighted by Crippen LogP contribution is 2.39. The molecular weight excluding hydrogens is 225 g/mol. The maximum absolute atomic E-state index is 12.8. The van der Waals surface area contributed by atoms with Crippen LogP contribution >= 0.6 is 11.6 Å². The third-order valence-electron chi connectivity index (χ3n) is 3.44. The number of nitrogens with one attached hydrogen (secondary N) is 1. The van der Waals surface area contributed by atoms with E-state index in [4.69, 9.17) is 11.6 Å². The summed E-state index contributed by atoms with van der Waals surface area (Å²) < 4.78 is 12.8. The Morgan fingerprint density at radius 3 is 2.75 bits per heavy atom. The molecule has 88 valence electrons. The number of halogens is 2. The number of benzene rings is 1. The maximum atomic E-state index is 12.8. The van der Waals surface area contributed by atoms with Crippen molar-refractivity contribution in [2.45, 2.75) is 32.7 Å². The SMILES string of the molecule is CC1(CNCc2ccc(F)cc2Cl)CCC1. The molecule has 1 saturated carbocycles. The normalized spacial score (nSPS) is 18.2. The van der Waals surface area contributed by atoms with Gasteiger partial charge in [0, 0.05) is 18.1 Å². The summed E-state index contributed by atoms with van der Waals surface area (Å²) in [5.41, 5.74) is 1.43. The molecule has 0 spiro atoms. The third kappa shape index (κ3) is 2.74.